The van der Waals surface area contributed by atoms with Crippen molar-refractivity contribution in [1.82, 2.24) is 9.80 Å². The summed E-state index contributed by atoms with van der Waals surface area (Å²) in [6.07, 6.45) is 1.27. The largest absolute Gasteiger partial charge is 0.379 e. The van der Waals surface area contributed by atoms with E-state index in [0.29, 0.717) is 12.0 Å². The van der Waals surface area contributed by atoms with Gasteiger partial charge in [0.2, 0.25) is 0 Å². The molecule has 0 radical (unpaired) electrons. The van der Waals surface area contributed by atoms with Crippen molar-refractivity contribution in [1.29, 1.82) is 0 Å². The van der Waals surface area contributed by atoms with E-state index in [4.69, 9.17) is 10.5 Å². The average molecular weight is 227 g/mol. The smallest absolute Gasteiger partial charge is 0.0621 e. The van der Waals surface area contributed by atoms with Crippen molar-refractivity contribution < 1.29 is 4.74 Å². The average Bonchev–Trinajstić information content (AvgIpc) is 2.55. The molecule has 3 atom stereocenters. The van der Waals surface area contributed by atoms with Gasteiger partial charge in [0.1, 0.15) is 0 Å². The number of ether oxygens (including phenoxy) is 1. The molecule has 0 aromatic rings. The molecule has 2 fully saturated rings. The molecule has 2 saturated heterocycles. The third kappa shape index (κ3) is 2.94. The molecule has 0 spiro atoms. The van der Waals surface area contributed by atoms with E-state index in [2.05, 4.69) is 23.8 Å². The molecule has 2 N–H and O–H groups in total. The molecular formula is C12H25N3O. The summed E-state index contributed by atoms with van der Waals surface area (Å²) in [4.78, 5) is 5.01. The highest BCUT2D eigenvalue weighted by Gasteiger charge is 2.29. The quantitative estimate of drug-likeness (QED) is 0.720. The Bertz CT molecular complexity index is 224. The molecule has 0 aromatic carbocycles. The van der Waals surface area contributed by atoms with E-state index < -0.39 is 0 Å². The van der Waals surface area contributed by atoms with Crippen LogP contribution in [0.2, 0.25) is 0 Å². The molecule has 2 aliphatic rings. The molecule has 2 aliphatic heterocycles. The summed E-state index contributed by atoms with van der Waals surface area (Å²) in [5.74, 6) is 0.533. The highest BCUT2D eigenvalue weighted by Crippen LogP contribution is 2.17. The zero-order chi connectivity index (χ0) is 11.5. The Morgan fingerprint density at radius 1 is 1.31 bits per heavy atom. The van der Waals surface area contributed by atoms with Gasteiger partial charge in [-0.15, -0.1) is 0 Å². The summed E-state index contributed by atoms with van der Waals surface area (Å²) in [5, 5.41) is 0. The Hall–Kier alpha value is -0.160. The Morgan fingerprint density at radius 3 is 2.81 bits per heavy atom. The van der Waals surface area contributed by atoms with Crippen molar-refractivity contribution >= 4 is 0 Å². The lowest BCUT2D eigenvalue weighted by molar-refractivity contribution is 0.147. The van der Waals surface area contributed by atoms with Crippen molar-refractivity contribution in [2.45, 2.75) is 25.4 Å². The van der Waals surface area contributed by atoms with Gasteiger partial charge in [0, 0.05) is 31.1 Å². The highest BCUT2D eigenvalue weighted by molar-refractivity contribution is 4.84. The fourth-order valence-electron chi connectivity index (χ4n) is 2.80. The molecule has 0 bridgehead atoms. The van der Waals surface area contributed by atoms with E-state index in [-0.39, 0.29) is 6.04 Å². The molecule has 0 saturated carbocycles. The third-order valence-corrected chi connectivity index (χ3v) is 3.90. The summed E-state index contributed by atoms with van der Waals surface area (Å²) in [6.45, 7) is 8.61. The van der Waals surface area contributed by atoms with Gasteiger partial charge >= 0.3 is 0 Å². The summed E-state index contributed by atoms with van der Waals surface area (Å²) in [7, 11) is 2.21. The molecule has 0 amide bonds. The minimum Gasteiger partial charge on any atom is -0.379 e. The molecule has 16 heavy (non-hydrogen) atoms. The van der Waals surface area contributed by atoms with Crippen molar-refractivity contribution in [3.8, 4) is 0 Å². The predicted octanol–water partition coefficient (Wildman–Crippen LogP) is -0.0139. The first kappa shape index (κ1) is 12.3. The first-order chi connectivity index (χ1) is 7.66. The van der Waals surface area contributed by atoms with Gasteiger partial charge in [-0.05, 0) is 33.5 Å². The number of hydrogen-bond acceptors (Lipinski definition) is 4. The summed E-state index contributed by atoms with van der Waals surface area (Å²) in [5.41, 5.74) is 6.05. The first-order valence-corrected chi connectivity index (χ1v) is 6.42. The summed E-state index contributed by atoms with van der Waals surface area (Å²) < 4.78 is 5.44. The van der Waals surface area contributed by atoms with Crippen LogP contribution in [0.25, 0.3) is 0 Å². The maximum Gasteiger partial charge on any atom is 0.0621 e. The van der Waals surface area contributed by atoms with Crippen LogP contribution in [0.4, 0.5) is 0 Å². The van der Waals surface area contributed by atoms with Crippen LogP contribution in [-0.2, 0) is 4.74 Å². The van der Waals surface area contributed by atoms with Gasteiger partial charge in [-0.2, -0.15) is 0 Å². The van der Waals surface area contributed by atoms with Gasteiger partial charge < -0.3 is 15.4 Å². The second-order valence-electron chi connectivity index (χ2n) is 5.42. The molecule has 2 heterocycles. The van der Waals surface area contributed by atoms with Gasteiger partial charge in [-0.25, -0.2) is 0 Å². The van der Waals surface area contributed by atoms with Crippen LogP contribution in [0.5, 0.6) is 0 Å². The van der Waals surface area contributed by atoms with E-state index in [1.54, 1.807) is 0 Å². The van der Waals surface area contributed by atoms with Crippen molar-refractivity contribution in [3.63, 3.8) is 0 Å². The van der Waals surface area contributed by atoms with Crippen LogP contribution >= 0.6 is 0 Å². The second-order valence-corrected chi connectivity index (χ2v) is 5.42. The van der Waals surface area contributed by atoms with Crippen molar-refractivity contribution in [2.24, 2.45) is 11.7 Å². The van der Waals surface area contributed by atoms with E-state index in [1.807, 2.05) is 0 Å². The number of rotatable bonds is 2. The van der Waals surface area contributed by atoms with Crippen LogP contribution in [0.1, 0.15) is 13.3 Å². The summed E-state index contributed by atoms with van der Waals surface area (Å²) >= 11 is 0. The van der Waals surface area contributed by atoms with Gasteiger partial charge in [0.05, 0.1) is 13.2 Å². The third-order valence-electron chi connectivity index (χ3n) is 3.90. The minimum absolute atomic E-state index is 0.244. The van der Waals surface area contributed by atoms with Crippen LogP contribution in [0, 0.1) is 5.92 Å². The van der Waals surface area contributed by atoms with Gasteiger partial charge in [-0.3, -0.25) is 4.90 Å². The fourth-order valence-corrected chi connectivity index (χ4v) is 2.80. The lowest BCUT2D eigenvalue weighted by Gasteiger charge is -2.30. The molecular weight excluding hydrogens is 202 g/mol. The van der Waals surface area contributed by atoms with Gasteiger partial charge in [-0.1, -0.05) is 0 Å². The fraction of sp³-hybridized carbons (Fsp3) is 1.00. The zero-order valence-corrected chi connectivity index (χ0v) is 10.6. The Labute approximate surface area is 98.7 Å². The van der Waals surface area contributed by atoms with E-state index in [1.165, 1.54) is 26.1 Å². The lowest BCUT2D eigenvalue weighted by Crippen LogP contribution is -2.44. The van der Waals surface area contributed by atoms with Gasteiger partial charge in [0.15, 0.2) is 0 Å². The van der Waals surface area contributed by atoms with Crippen LogP contribution in [0.15, 0.2) is 0 Å². The number of nitrogens with two attached hydrogens (primary N) is 1. The Morgan fingerprint density at radius 2 is 2.12 bits per heavy atom. The lowest BCUT2D eigenvalue weighted by atomic mass is 10.0. The monoisotopic (exact) mass is 227 g/mol. The normalized spacial score (nSPS) is 38.8. The Balaban J connectivity index is 1.87. The maximum absolute atomic E-state index is 6.05. The number of nitrogens with zero attached hydrogens (tertiary/aromatic N) is 2. The van der Waals surface area contributed by atoms with Gasteiger partial charge in [0.25, 0.3) is 0 Å². The van der Waals surface area contributed by atoms with E-state index in [0.717, 1.165) is 19.8 Å². The molecule has 4 heteroatoms. The standard InChI is InChI=1S/C12H25N3O/c1-10-6-14(2)4-3-5-15(10)7-11-8-16-9-12(11)13/h10-12H,3-9,13H2,1-2H3. The second kappa shape index (κ2) is 5.45. The predicted molar refractivity (Wildman–Crippen MR) is 65.4 cm³/mol. The number of hydrogen-bond donors (Lipinski definition) is 1. The van der Waals surface area contributed by atoms with E-state index >= 15 is 0 Å². The molecule has 0 aliphatic carbocycles. The van der Waals surface area contributed by atoms with E-state index in [9.17, 15) is 0 Å². The topological polar surface area (TPSA) is 41.7 Å². The minimum atomic E-state index is 0.244. The van der Waals surface area contributed by atoms with Crippen LogP contribution in [-0.4, -0.2) is 68.3 Å². The van der Waals surface area contributed by atoms with Crippen LogP contribution in [0.3, 0.4) is 0 Å². The van der Waals surface area contributed by atoms with Crippen molar-refractivity contribution in [2.75, 3.05) is 46.4 Å². The Kier molecular flexibility index (Phi) is 4.19. The summed E-state index contributed by atoms with van der Waals surface area (Å²) in [6, 6.07) is 0.883. The molecule has 3 unspecified atom stereocenters. The van der Waals surface area contributed by atoms with Crippen LogP contribution < -0.4 is 5.73 Å². The molecule has 2 rings (SSSR count). The zero-order valence-electron chi connectivity index (χ0n) is 10.6. The maximum atomic E-state index is 6.05. The highest BCUT2D eigenvalue weighted by atomic mass is 16.5. The molecule has 4 nitrogen and oxygen atoms in total. The molecule has 0 aromatic heterocycles. The number of likely N-dealkylation sites (N-methyl/N-ethyl adjacent to an activating group) is 1. The SMILES string of the molecule is CC1CN(C)CCCN1CC1COCC1N. The first-order valence-electron chi connectivity index (χ1n) is 6.42. The molecule has 94 valence electrons. The van der Waals surface area contributed by atoms with Crippen molar-refractivity contribution in [3.05, 3.63) is 0 Å².